The summed E-state index contributed by atoms with van der Waals surface area (Å²) in [7, 11) is 1.66. The number of ether oxygens (including phenoxy) is 3. The molecule has 7 heteroatoms. The molecule has 6 nitrogen and oxygen atoms in total. The first-order valence-electron chi connectivity index (χ1n) is 6.97. The van der Waals surface area contributed by atoms with Gasteiger partial charge in [0.1, 0.15) is 0 Å². The standard InChI is InChI=1S/C13H27N3O3.HI/c1-11(9-17-2)16-13(14)15-6-4-7-18-10-12-5-3-8-19-12;/h11-12H,3-10H2,1-2H3,(H3,14,15,16);1H. The van der Waals surface area contributed by atoms with Crippen LogP contribution in [0.1, 0.15) is 26.2 Å². The van der Waals surface area contributed by atoms with Crippen molar-refractivity contribution in [3.63, 3.8) is 0 Å². The zero-order valence-electron chi connectivity index (χ0n) is 12.5. The molecule has 1 fully saturated rings. The molecule has 120 valence electrons. The highest BCUT2D eigenvalue weighted by Crippen LogP contribution is 2.11. The van der Waals surface area contributed by atoms with Gasteiger partial charge in [0.15, 0.2) is 5.96 Å². The summed E-state index contributed by atoms with van der Waals surface area (Å²) >= 11 is 0. The smallest absolute Gasteiger partial charge is 0.188 e. The Balaban J connectivity index is 0.00000361. The van der Waals surface area contributed by atoms with Crippen molar-refractivity contribution in [2.45, 2.75) is 38.3 Å². The number of halogens is 1. The van der Waals surface area contributed by atoms with Crippen molar-refractivity contribution >= 4 is 29.9 Å². The van der Waals surface area contributed by atoms with Gasteiger partial charge in [-0.25, -0.2) is 0 Å². The van der Waals surface area contributed by atoms with Crippen LogP contribution in [0.3, 0.4) is 0 Å². The first kappa shape index (κ1) is 19.9. The zero-order chi connectivity index (χ0) is 13.9. The number of methoxy groups -OCH3 is 1. The van der Waals surface area contributed by atoms with E-state index >= 15 is 0 Å². The Hall–Kier alpha value is -0.120. The lowest BCUT2D eigenvalue weighted by Crippen LogP contribution is -2.40. The highest BCUT2D eigenvalue weighted by Gasteiger charge is 2.14. The SMILES string of the molecule is COCC(C)NC(N)=NCCCOCC1CCCO1.I. The molecule has 1 aliphatic rings. The van der Waals surface area contributed by atoms with Crippen LogP contribution in [0.25, 0.3) is 0 Å². The number of rotatable bonds is 9. The van der Waals surface area contributed by atoms with Gasteiger partial charge in [-0.3, -0.25) is 4.99 Å². The van der Waals surface area contributed by atoms with Crippen molar-refractivity contribution < 1.29 is 14.2 Å². The Morgan fingerprint density at radius 1 is 1.55 bits per heavy atom. The molecule has 0 spiro atoms. The maximum atomic E-state index is 5.74. The zero-order valence-corrected chi connectivity index (χ0v) is 14.8. The average molecular weight is 401 g/mol. The van der Waals surface area contributed by atoms with Crippen LogP contribution < -0.4 is 11.1 Å². The molecule has 2 atom stereocenters. The fraction of sp³-hybridized carbons (Fsp3) is 0.923. The second-order valence-electron chi connectivity index (χ2n) is 4.83. The van der Waals surface area contributed by atoms with Gasteiger partial charge in [-0.05, 0) is 26.2 Å². The Bertz CT molecular complexity index is 261. The van der Waals surface area contributed by atoms with E-state index < -0.39 is 0 Å². The van der Waals surface area contributed by atoms with E-state index in [0.29, 0.717) is 38.4 Å². The van der Waals surface area contributed by atoms with Crippen LogP contribution in [0.4, 0.5) is 0 Å². The first-order chi connectivity index (χ1) is 9.22. The second-order valence-corrected chi connectivity index (χ2v) is 4.83. The lowest BCUT2D eigenvalue weighted by atomic mass is 10.2. The third-order valence-electron chi connectivity index (χ3n) is 2.87. The quantitative estimate of drug-likeness (QED) is 0.262. The van der Waals surface area contributed by atoms with Gasteiger partial charge >= 0.3 is 0 Å². The Kier molecular flexibility index (Phi) is 12.5. The topological polar surface area (TPSA) is 78.1 Å². The summed E-state index contributed by atoms with van der Waals surface area (Å²) in [5, 5.41) is 3.06. The van der Waals surface area contributed by atoms with Gasteiger partial charge < -0.3 is 25.3 Å². The van der Waals surface area contributed by atoms with Crippen LogP contribution in [-0.2, 0) is 14.2 Å². The molecule has 0 amide bonds. The van der Waals surface area contributed by atoms with Crippen molar-refractivity contribution in [2.24, 2.45) is 10.7 Å². The average Bonchev–Trinajstić information content (AvgIpc) is 2.86. The van der Waals surface area contributed by atoms with E-state index in [1.807, 2.05) is 6.92 Å². The van der Waals surface area contributed by atoms with Gasteiger partial charge in [-0.15, -0.1) is 24.0 Å². The monoisotopic (exact) mass is 401 g/mol. The van der Waals surface area contributed by atoms with Gasteiger partial charge in [-0.1, -0.05) is 0 Å². The minimum Gasteiger partial charge on any atom is -0.383 e. The van der Waals surface area contributed by atoms with Crippen molar-refractivity contribution in [2.75, 3.05) is 40.1 Å². The fourth-order valence-corrected chi connectivity index (χ4v) is 1.95. The Morgan fingerprint density at radius 3 is 3.00 bits per heavy atom. The van der Waals surface area contributed by atoms with Gasteiger partial charge in [0.2, 0.25) is 0 Å². The van der Waals surface area contributed by atoms with Crippen LogP contribution >= 0.6 is 24.0 Å². The van der Waals surface area contributed by atoms with E-state index in [1.54, 1.807) is 7.11 Å². The summed E-state index contributed by atoms with van der Waals surface area (Å²) in [5.41, 5.74) is 5.74. The summed E-state index contributed by atoms with van der Waals surface area (Å²) < 4.78 is 16.0. The molecule has 1 aliphatic heterocycles. The van der Waals surface area contributed by atoms with Crippen LogP contribution in [0.15, 0.2) is 4.99 Å². The molecular formula is C13H28IN3O3. The number of aliphatic imine (C=N–C) groups is 1. The highest BCUT2D eigenvalue weighted by molar-refractivity contribution is 14.0. The molecule has 3 N–H and O–H groups in total. The predicted octanol–water partition coefficient (Wildman–Crippen LogP) is 1.13. The molecule has 0 aromatic heterocycles. The summed E-state index contributed by atoms with van der Waals surface area (Å²) in [6, 6.07) is 0.171. The van der Waals surface area contributed by atoms with Crippen molar-refractivity contribution in [1.29, 1.82) is 0 Å². The lowest BCUT2D eigenvalue weighted by molar-refractivity contribution is 0.0171. The second kappa shape index (κ2) is 12.6. The predicted molar refractivity (Wildman–Crippen MR) is 90.8 cm³/mol. The van der Waals surface area contributed by atoms with Gasteiger partial charge in [-0.2, -0.15) is 0 Å². The molecule has 2 unspecified atom stereocenters. The lowest BCUT2D eigenvalue weighted by Gasteiger charge is -2.13. The molecule has 1 rings (SSSR count). The number of hydrogen-bond acceptors (Lipinski definition) is 4. The molecule has 1 saturated heterocycles. The molecule has 1 heterocycles. The molecule has 0 aromatic carbocycles. The highest BCUT2D eigenvalue weighted by atomic mass is 127. The number of nitrogens with zero attached hydrogens (tertiary/aromatic N) is 1. The summed E-state index contributed by atoms with van der Waals surface area (Å²) in [6.45, 7) is 5.55. The minimum absolute atomic E-state index is 0. The Morgan fingerprint density at radius 2 is 2.35 bits per heavy atom. The number of hydrogen-bond donors (Lipinski definition) is 2. The Labute approximate surface area is 138 Å². The minimum atomic E-state index is 0. The number of nitrogens with two attached hydrogens (primary N) is 1. The first-order valence-corrected chi connectivity index (χ1v) is 6.97. The fourth-order valence-electron chi connectivity index (χ4n) is 1.95. The number of guanidine groups is 1. The molecule has 0 bridgehead atoms. The molecular weight excluding hydrogens is 373 g/mol. The van der Waals surface area contributed by atoms with Gasteiger partial charge in [0.25, 0.3) is 0 Å². The van der Waals surface area contributed by atoms with E-state index in [9.17, 15) is 0 Å². The molecule has 0 saturated carbocycles. The van der Waals surface area contributed by atoms with Crippen LogP contribution in [0, 0.1) is 0 Å². The molecule has 0 aromatic rings. The summed E-state index contributed by atoms with van der Waals surface area (Å²) in [5.74, 6) is 0.462. The molecule has 0 aliphatic carbocycles. The van der Waals surface area contributed by atoms with Gasteiger partial charge in [0, 0.05) is 32.9 Å². The van der Waals surface area contributed by atoms with E-state index in [1.165, 1.54) is 0 Å². The molecule has 0 radical (unpaired) electrons. The van der Waals surface area contributed by atoms with Crippen molar-refractivity contribution in [3.8, 4) is 0 Å². The van der Waals surface area contributed by atoms with Crippen molar-refractivity contribution in [1.82, 2.24) is 5.32 Å². The van der Waals surface area contributed by atoms with Crippen molar-refractivity contribution in [3.05, 3.63) is 0 Å². The maximum Gasteiger partial charge on any atom is 0.188 e. The van der Waals surface area contributed by atoms with Crippen LogP contribution in [0.2, 0.25) is 0 Å². The third-order valence-corrected chi connectivity index (χ3v) is 2.87. The molecule has 20 heavy (non-hydrogen) atoms. The van der Waals surface area contributed by atoms with E-state index in [-0.39, 0.29) is 30.0 Å². The van der Waals surface area contributed by atoms with E-state index in [4.69, 9.17) is 19.9 Å². The van der Waals surface area contributed by atoms with Crippen LogP contribution in [-0.4, -0.2) is 58.2 Å². The van der Waals surface area contributed by atoms with E-state index in [0.717, 1.165) is 25.9 Å². The van der Waals surface area contributed by atoms with E-state index in [2.05, 4.69) is 10.3 Å². The maximum absolute atomic E-state index is 5.74. The van der Waals surface area contributed by atoms with Gasteiger partial charge in [0.05, 0.1) is 19.3 Å². The third kappa shape index (κ3) is 9.73. The van der Waals surface area contributed by atoms with Crippen LogP contribution in [0.5, 0.6) is 0 Å². The summed E-state index contributed by atoms with van der Waals surface area (Å²) in [4.78, 5) is 4.23. The largest absolute Gasteiger partial charge is 0.383 e. The summed E-state index contributed by atoms with van der Waals surface area (Å²) in [6.07, 6.45) is 3.44. The normalized spacial score (nSPS) is 20.5. The number of nitrogens with one attached hydrogen (secondary N) is 1.